The number of carbonyl (C=O) groups excluding carboxylic acids is 1. The van der Waals surface area contributed by atoms with Gasteiger partial charge in [0.1, 0.15) is 24.4 Å². The number of allylic oxidation sites excluding steroid dienone is 2. The molecule has 1 aliphatic rings. The highest BCUT2D eigenvalue weighted by Crippen LogP contribution is 2.26. The summed E-state index contributed by atoms with van der Waals surface area (Å²) < 4.78 is 48.0. The highest BCUT2D eigenvalue weighted by Gasteiger charge is 2.48. The first-order chi connectivity index (χ1) is 37.5. The fourth-order valence-electron chi connectivity index (χ4n) is 11.0. The summed E-state index contributed by atoms with van der Waals surface area (Å²) in [6.07, 6.45) is 58.1. The maximum Gasteiger partial charge on any atom is 0.397 e. The third-order valence-corrected chi connectivity index (χ3v) is 16.5. The molecule has 0 aromatic rings. The maximum atomic E-state index is 13.2. The Hall–Kier alpha value is -1.16. The number of ether oxygens (including phenoxy) is 2. The van der Waals surface area contributed by atoms with Gasteiger partial charge in [0.15, 0.2) is 6.29 Å². The number of aliphatic hydroxyl groups excluding tert-OH is 4. The number of aliphatic hydroxyl groups is 4. The second-order valence-electron chi connectivity index (χ2n) is 23.4. The van der Waals surface area contributed by atoms with Gasteiger partial charge in [0, 0.05) is 6.42 Å². The summed E-state index contributed by atoms with van der Waals surface area (Å²) in [6.45, 7) is 3.51. The van der Waals surface area contributed by atoms with Crippen LogP contribution in [0.4, 0.5) is 0 Å². The van der Waals surface area contributed by atoms with Gasteiger partial charge in [-0.1, -0.05) is 302 Å². The van der Waals surface area contributed by atoms with Crippen LogP contribution in [-0.4, -0.2) is 95.4 Å². The number of hydrogen-bond donors (Lipinski definition) is 6. The summed E-state index contributed by atoms with van der Waals surface area (Å²) >= 11 is 0. The summed E-state index contributed by atoms with van der Waals surface area (Å²) in [5, 5.41) is 45.2. The molecule has 458 valence electrons. The molecular formula is C64H125NO11S. The molecule has 0 spiro atoms. The summed E-state index contributed by atoms with van der Waals surface area (Å²) in [5.41, 5.74) is 0. The predicted molar refractivity (Wildman–Crippen MR) is 319 cm³/mol. The topological polar surface area (TPSA) is 192 Å². The van der Waals surface area contributed by atoms with Gasteiger partial charge < -0.3 is 35.2 Å². The van der Waals surface area contributed by atoms with Gasteiger partial charge in [0.2, 0.25) is 5.91 Å². The van der Waals surface area contributed by atoms with Crippen LogP contribution in [-0.2, 0) is 28.9 Å². The van der Waals surface area contributed by atoms with Crippen LogP contribution in [0.25, 0.3) is 0 Å². The molecular weight excluding hydrogens is 991 g/mol. The summed E-state index contributed by atoms with van der Waals surface area (Å²) in [7, 11) is -5.08. The lowest BCUT2D eigenvalue weighted by Gasteiger charge is -2.41. The van der Waals surface area contributed by atoms with Crippen molar-refractivity contribution in [2.45, 2.75) is 378 Å². The molecule has 1 fully saturated rings. The monoisotopic (exact) mass is 1120 g/mol. The molecule has 0 aliphatic carbocycles. The van der Waals surface area contributed by atoms with E-state index in [1.54, 1.807) is 0 Å². The average Bonchev–Trinajstić information content (AvgIpc) is 3.41. The SMILES string of the molecule is CCCCCCCCCCCCCC/C=C\CCCCCCCCCCCCCCCCCCC(=O)NC(COC1OC(CO)C(O)C(OS(=O)(=O)O)C1O)C(O)CCCCCCCCCCCCCCCCCCCC. The molecule has 77 heavy (non-hydrogen) atoms. The van der Waals surface area contributed by atoms with E-state index in [0.29, 0.717) is 12.8 Å². The largest absolute Gasteiger partial charge is 0.397 e. The van der Waals surface area contributed by atoms with Gasteiger partial charge in [-0.25, -0.2) is 4.18 Å². The van der Waals surface area contributed by atoms with Crippen molar-refractivity contribution in [1.29, 1.82) is 0 Å². The van der Waals surface area contributed by atoms with Gasteiger partial charge in [0.25, 0.3) is 0 Å². The lowest BCUT2D eigenvalue weighted by molar-refractivity contribution is -0.298. The summed E-state index contributed by atoms with van der Waals surface area (Å²) in [6, 6.07) is -0.856. The number of unbranched alkanes of at least 4 members (excludes halogenated alkanes) is 45. The maximum absolute atomic E-state index is 13.2. The Balaban J connectivity index is 2.22. The van der Waals surface area contributed by atoms with Gasteiger partial charge in [-0.05, 0) is 38.5 Å². The van der Waals surface area contributed by atoms with E-state index in [1.165, 1.54) is 257 Å². The third-order valence-electron chi connectivity index (χ3n) is 16.1. The molecule has 0 saturated carbocycles. The van der Waals surface area contributed by atoms with Gasteiger partial charge in [0.05, 0.1) is 25.4 Å². The molecule has 1 rings (SSSR count). The van der Waals surface area contributed by atoms with E-state index in [4.69, 9.17) is 9.47 Å². The van der Waals surface area contributed by atoms with Gasteiger partial charge in [-0.3, -0.25) is 9.35 Å². The van der Waals surface area contributed by atoms with E-state index < -0.39 is 59.9 Å². The molecule has 1 heterocycles. The van der Waals surface area contributed by atoms with Crippen molar-refractivity contribution in [3.05, 3.63) is 12.2 Å². The first kappa shape index (κ1) is 73.9. The number of amides is 1. The molecule has 13 heteroatoms. The van der Waals surface area contributed by atoms with Crippen LogP contribution < -0.4 is 5.32 Å². The molecule has 7 atom stereocenters. The lowest BCUT2D eigenvalue weighted by atomic mass is 9.99. The number of rotatable bonds is 59. The zero-order valence-corrected chi connectivity index (χ0v) is 50.9. The fraction of sp³-hybridized carbons (Fsp3) is 0.953. The molecule has 7 unspecified atom stereocenters. The van der Waals surface area contributed by atoms with Crippen molar-refractivity contribution < 1.29 is 51.8 Å². The van der Waals surface area contributed by atoms with Crippen molar-refractivity contribution in [3.8, 4) is 0 Å². The number of carbonyl (C=O) groups is 1. The Morgan fingerprint density at radius 2 is 0.831 bits per heavy atom. The van der Waals surface area contributed by atoms with E-state index >= 15 is 0 Å². The smallest absolute Gasteiger partial charge is 0.394 e. The van der Waals surface area contributed by atoms with Crippen LogP contribution in [0.3, 0.4) is 0 Å². The lowest BCUT2D eigenvalue weighted by Crippen LogP contribution is -2.61. The van der Waals surface area contributed by atoms with E-state index in [1.807, 2.05) is 0 Å². The average molecular weight is 1120 g/mol. The number of nitrogens with one attached hydrogen (secondary N) is 1. The highest BCUT2D eigenvalue weighted by molar-refractivity contribution is 7.80. The van der Waals surface area contributed by atoms with Crippen LogP contribution in [0.1, 0.15) is 335 Å². The summed E-state index contributed by atoms with van der Waals surface area (Å²) in [4.78, 5) is 13.2. The quantitative estimate of drug-likeness (QED) is 0.0193. The van der Waals surface area contributed by atoms with Gasteiger partial charge in [-0.15, -0.1) is 0 Å². The minimum absolute atomic E-state index is 0.222. The van der Waals surface area contributed by atoms with Crippen LogP contribution in [0.15, 0.2) is 12.2 Å². The van der Waals surface area contributed by atoms with Crippen molar-refractivity contribution in [1.82, 2.24) is 5.32 Å². The second kappa shape index (κ2) is 54.1. The number of hydrogen-bond acceptors (Lipinski definition) is 10. The van der Waals surface area contributed by atoms with Crippen LogP contribution in [0.2, 0.25) is 0 Å². The molecule has 12 nitrogen and oxygen atoms in total. The van der Waals surface area contributed by atoms with E-state index in [-0.39, 0.29) is 12.5 Å². The highest BCUT2D eigenvalue weighted by atomic mass is 32.3. The first-order valence-electron chi connectivity index (χ1n) is 33.1. The molecule has 0 aromatic heterocycles. The molecule has 0 bridgehead atoms. The van der Waals surface area contributed by atoms with E-state index in [2.05, 4.69) is 35.5 Å². The van der Waals surface area contributed by atoms with E-state index in [0.717, 1.165) is 51.4 Å². The van der Waals surface area contributed by atoms with Crippen LogP contribution >= 0.6 is 0 Å². The molecule has 0 aromatic carbocycles. The zero-order valence-electron chi connectivity index (χ0n) is 50.1. The second-order valence-corrected chi connectivity index (χ2v) is 24.5. The standard InChI is InChI=1S/C64H125NO11S/c1-3-5-7-9-11-13-15-17-19-21-23-24-25-26-27-28-29-30-31-32-33-34-35-36-38-40-42-44-46-48-50-52-54-60(68)65-57(56-74-64-62(70)63(76-77(71,72)73)61(69)59(55-66)75-64)58(67)53-51-49-47-45-43-41-39-37-22-20-18-16-14-12-10-8-6-4-2/h26-27,57-59,61-64,66-67,69-70H,3-25,28-56H2,1-2H3,(H,65,68)(H,71,72,73)/b27-26-. The van der Waals surface area contributed by atoms with Gasteiger partial charge >= 0.3 is 10.4 Å². The minimum atomic E-state index is -5.08. The third kappa shape index (κ3) is 46.1. The Kier molecular flexibility index (Phi) is 51.9. The normalized spacial score (nSPS) is 18.9. The Morgan fingerprint density at radius 1 is 0.506 bits per heavy atom. The van der Waals surface area contributed by atoms with Crippen molar-refractivity contribution in [3.63, 3.8) is 0 Å². The molecule has 0 radical (unpaired) electrons. The van der Waals surface area contributed by atoms with Crippen molar-refractivity contribution in [2.75, 3.05) is 13.2 Å². The van der Waals surface area contributed by atoms with Crippen molar-refractivity contribution >= 4 is 16.3 Å². The van der Waals surface area contributed by atoms with Gasteiger partial charge in [-0.2, -0.15) is 8.42 Å². The zero-order chi connectivity index (χ0) is 56.1. The molecule has 6 N–H and O–H groups in total. The van der Waals surface area contributed by atoms with E-state index in [9.17, 15) is 38.2 Å². The van der Waals surface area contributed by atoms with Crippen LogP contribution in [0, 0.1) is 0 Å². The molecule has 1 saturated heterocycles. The van der Waals surface area contributed by atoms with Crippen LogP contribution in [0.5, 0.6) is 0 Å². The Bertz CT molecular complexity index is 1400. The molecule has 1 amide bonds. The fourth-order valence-corrected chi connectivity index (χ4v) is 11.5. The minimum Gasteiger partial charge on any atom is -0.394 e. The molecule has 1 aliphatic heterocycles. The summed E-state index contributed by atoms with van der Waals surface area (Å²) in [5.74, 6) is -0.222. The predicted octanol–water partition coefficient (Wildman–Crippen LogP) is 16.6. The Morgan fingerprint density at radius 3 is 1.17 bits per heavy atom. The van der Waals surface area contributed by atoms with Crippen molar-refractivity contribution in [2.24, 2.45) is 0 Å². The first-order valence-corrected chi connectivity index (χ1v) is 34.4. The Labute approximate surface area is 474 Å².